The highest BCUT2D eigenvalue weighted by Crippen LogP contribution is 2.32. The van der Waals surface area contributed by atoms with E-state index in [4.69, 9.17) is 15.1 Å². The van der Waals surface area contributed by atoms with Crippen molar-refractivity contribution < 1.29 is 15.1 Å². The van der Waals surface area contributed by atoms with Gasteiger partial charge in [0.2, 0.25) is 0 Å². The second kappa shape index (κ2) is 6.18. The van der Waals surface area contributed by atoms with Crippen LogP contribution in [0, 0.1) is 0 Å². The first-order valence-corrected chi connectivity index (χ1v) is 5.95. The summed E-state index contributed by atoms with van der Waals surface area (Å²) in [4.78, 5) is 2.56. The van der Waals surface area contributed by atoms with Gasteiger partial charge in [-0.25, -0.2) is 0 Å². The molecule has 4 nitrogen and oxygen atoms in total. The molecule has 0 heterocycles. The third kappa shape index (κ3) is 9.59. The molecular weight excluding hydrogens is 217 g/mol. The summed E-state index contributed by atoms with van der Waals surface area (Å²) in [5.74, 6) is 0. The Bertz CT molecular complexity index is 175. The maximum absolute atomic E-state index is 7.17. The van der Waals surface area contributed by atoms with Crippen molar-refractivity contribution in [3.8, 4) is 0 Å². The van der Waals surface area contributed by atoms with Crippen molar-refractivity contribution >= 4 is 7.32 Å². The predicted molar refractivity (Wildman–Crippen MR) is 73.5 cm³/mol. The number of hydrogen-bond acceptors (Lipinski definition) is 4. The first-order valence-electron chi connectivity index (χ1n) is 5.95. The molecule has 0 aliphatic carbocycles. The molecule has 17 heavy (non-hydrogen) atoms. The van der Waals surface area contributed by atoms with Crippen LogP contribution in [-0.2, 0) is 0 Å². The average Bonchev–Trinajstić information content (AvgIpc) is 1.69. The van der Waals surface area contributed by atoms with E-state index in [1.807, 2.05) is 0 Å². The van der Waals surface area contributed by atoms with Crippen molar-refractivity contribution in [2.45, 2.75) is 78.9 Å². The van der Waals surface area contributed by atoms with Crippen molar-refractivity contribution in [2.24, 2.45) is 0 Å². The molecule has 0 aliphatic heterocycles. The zero-order chi connectivity index (χ0) is 14.7. The first-order chi connectivity index (χ1) is 7.10. The standard InChI is InChI=1S/C12H27N.BH3O3/c1-10(2,3)13(11(4,5)6)12(7,8)9;2-1(3)4/h1-9H3;2-4H. The molecule has 0 amide bonds. The lowest BCUT2D eigenvalue weighted by Gasteiger charge is -2.53. The molecule has 0 atom stereocenters. The van der Waals surface area contributed by atoms with Crippen LogP contribution in [0.5, 0.6) is 0 Å². The van der Waals surface area contributed by atoms with E-state index in [2.05, 4.69) is 67.2 Å². The van der Waals surface area contributed by atoms with E-state index in [0.717, 1.165) is 0 Å². The van der Waals surface area contributed by atoms with E-state index in [0.29, 0.717) is 0 Å². The van der Waals surface area contributed by atoms with Crippen LogP contribution in [0.1, 0.15) is 62.3 Å². The van der Waals surface area contributed by atoms with Crippen molar-refractivity contribution in [1.29, 1.82) is 0 Å². The molecule has 0 spiro atoms. The Morgan fingerprint density at radius 1 is 0.588 bits per heavy atom. The summed E-state index contributed by atoms with van der Waals surface area (Å²) in [7, 11) is -2.17. The van der Waals surface area contributed by atoms with E-state index in [1.54, 1.807) is 0 Å². The fourth-order valence-electron chi connectivity index (χ4n) is 3.02. The summed E-state index contributed by atoms with van der Waals surface area (Å²) in [5, 5.41) is 21.5. The highest BCUT2D eigenvalue weighted by molar-refractivity contribution is 6.30. The molecule has 0 aromatic rings. The highest BCUT2D eigenvalue weighted by Gasteiger charge is 2.38. The van der Waals surface area contributed by atoms with Gasteiger partial charge in [0.15, 0.2) is 0 Å². The van der Waals surface area contributed by atoms with Gasteiger partial charge in [-0.3, -0.25) is 4.90 Å². The molecule has 3 N–H and O–H groups in total. The van der Waals surface area contributed by atoms with E-state index >= 15 is 0 Å². The molecule has 0 aliphatic rings. The Kier molecular flexibility index (Phi) is 7.00. The third-order valence-electron chi connectivity index (χ3n) is 2.01. The second-order valence-corrected chi connectivity index (χ2v) is 7.19. The van der Waals surface area contributed by atoms with Gasteiger partial charge in [0, 0.05) is 16.6 Å². The summed E-state index contributed by atoms with van der Waals surface area (Å²) in [6, 6.07) is 0. The van der Waals surface area contributed by atoms with Crippen LogP contribution >= 0.6 is 0 Å². The van der Waals surface area contributed by atoms with Gasteiger partial charge in [0.25, 0.3) is 0 Å². The van der Waals surface area contributed by atoms with Crippen LogP contribution in [0.2, 0.25) is 0 Å². The van der Waals surface area contributed by atoms with Crippen LogP contribution in [0.3, 0.4) is 0 Å². The molecule has 5 heteroatoms. The van der Waals surface area contributed by atoms with E-state index in [9.17, 15) is 0 Å². The topological polar surface area (TPSA) is 63.9 Å². The van der Waals surface area contributed by atoms with Crippen LogP contribution in [-0.4, -0.2) is 43.9 Å². The lowest BCUT2D eigenvalue weighted by atomic mass is 9.88. The fourth-order valence-corrected chi connectivity index (χ4v) is 3.02. The zero-order valence-corrected chi connectivity index (χ0v) is 12.9. The van der Waals surface area contributed by atoms with Crippen molar-refractivity contribution in [3.05, 3.63) is 0 Å². The maximum Gasteiger partial charge on any atom is 0.631 e. The lowest BCUT2D eigenvalue weighted by Crippen LogP contribution is -2.60. The van der Waals surface area contributed by atoms with Gasteiger partial charge < -0.3 is 15.1 Å². The van der Waals surface area contributed by atoms with Gasteiger partial charge >= 0.3 is 7.32 Å². The summed E-state index contributed by atoms with van der Waals surface area (Å²) in [6.07, 6.45) is 0. The van der Waals surface area contributed by atoms with E-state index < -0.39 is 7.32 Å². The predicted octanol–water partition coefficient (Wildman–Crippen LogP) is 1.63. The molecule has 0 fully saturated rings. The summed E-state index contributed by atoms with van der Waals surface area (Å²) in [5.41, 5.74) is 0.656. The second-order valence-electron chi connectivity index (χ2n) is 7.19. The Morgan fingerprint density at radius 2 is 0.706 bits per heavy atom. The number of rotatable bonds is 0. The van der Waals surface area contributed by atoms with E-state index in [-0.39, 0.29) is 16.6 Å². The zero-order valence-electron chi connectivity index (χ0n) is 12.9. The van der Waals surface area contributed by atoms with Crippen molar-refractivity contribution in [1.82, 2.24) is 4.90 Å². The minimum absolute atomic E-state index is 0.219. The summed E-state index contributed by atoms with van der Waals surface area (Å²) >= 11 is 0. The smallest absolute Gasteiger partial charge is 0.402 e. The first kappa shape index (κ1) is 19.2. The van der Waals surface area contributed by atoms with Gasteiger partial charge in [0.05, 0.1) is 0 Å². The van der Waals surface area contributed by atoms with Crippen LogP contribution < -0.4 is 0 Å². The molecule has 0 radical (unpaired) electrons. The Labute approximate surface area is 107 Å². The molecule has 0 rings (SSSR count). The lowest BCUT2D eigenvalue weighted by molar-refractivity contribution is -0.0402. The molecule has 104 valence electrons. The van der Waals surface area contributed by atoms with Gasteiger partial charge in [-0.2, -0.15) is 0 Å². The maximum atomic E-state index is 7.17. The number of hydrogen-bond donors (Lipinski definition) is 3. The third-order valence-corrected chi connectivity index (χ3v) is 2.01. The van der Waals surface area contributed by atoms with Gasteiger partial charge in [-0.1, -0.05) is 0 Å². The molecule has 0 aromatic carbocycles. The summed E-state index contributed by atoms with van der Waals surface area (Å²) < 4.78 is 0. The molecule has 0 saturated heterocycles. The van der Waals surface area contributed by atoms with Gasteiger partial charge in [-0.05, 0) is 62.3 Å². The molecular formula is C12H30BNO3. The quantitative estimate of drug-likeness (QED) is 0.569. The molecule has 0 bridgehead atoms. The molecule has 0 unspecified atom stereocenters. The SMILES string of the molecule is CC(C)(C)N(C(C)(C)C)C(C)(C)C.OB(O)O. The van der Waals surface area contributed by atoms with Crippen LogP contribution in [0.4, 0.5) is 0 Å². The monoisotopic (exact) mass is 247 g/mol. The van der Waals surface area contributed by atoms with Gasteiger partial charge in [-0.15, -0.1) is 0 Å². The Hall–Kier alpha value is -0.0951. The van der Waals surface area contributed by atoms with Crippen LogP contribution in [0.15, 0.2) is 0 Å². The average molecular weight is 247 g/mol. The van der Waals surface area contributed by atoms with E-state index in [1.165, 1.54) is 0 Å². The Balaban J connectivity index is 0. The molecule has 0 aromatic heterocycles. The minimum Gasteiger partial charge on any atom is -0.402 e. The molecule has 0 saturated carbocycles. The largest absolute Gasteiger partial charge is 0.631 e. The summed E-state index contributed by atoms with van der Waals surface area (Å²) in [6.45, 7) is 20.5. The Morgan fingerprint density at radius 3 is 0.706 bits per heavy atom. The van der Waals surface area contributed by atoms with Crippen molar-refractivity contribution in [2.75, 3.05) is 0 Å². The normalized spacial score (nSPS) is 13.2. The minimum atomic E-state index is -2.17. The van der Waals surface area contributed by atoms with Gasteiger partial charge in [0.1, 0.15) is 0 Å². The number of nitrogens with zero attached hydrogens (tertiary/aromatic N) is 1. The fraction of sp³-hybridized carbons (Fsp3) is 1.00. The van der Waals surface area contributed by atoms with Crippen LogP contribution in [0.25, 0.3) is 0 Å². The highest BCUT2D eigenvalue weighted by atomic mass is 16.5. The van der Waals surface area contributed by atoms with Crippen molar-refractivity contribution in [3.63, 3.8) is 0 Å².